The molecule has 0 bridgehead atoms. The van der Waals surface area contributed by atoms with E-state index in [1.165, 1.54) is 12.1 Å². The van der Waals surface area contributed by atoms with Crippen molar-refractivity contribution in [3.05, 3.63) is 41.7 Å². The lowest BCUT2D eigenvalue weighted by Crippen LogP contribution is -2.35. The van der Waals surface area contributed by atoms with Crippen molar-refractivity contribution in [1.82, 2.24) is 19.7 Å². The molecule has 7 heteroatoms. The highest BCUT2D eigenvalue weighted by Gasteiger charge is 2.34. The van der Waals surface area contributed by atoms with Gasteiger partial charge in [0, 0.05) is 12.6 Å². The molecule has 2 aromatic rings. The number of aromatic nitrogens is 3. The molecule has 1 aliphatic heterocycles. The van der Waals surface area contributed by atoms with Crippen LogP contribution in [0, 0.1) is 18.7 Å². The zero-order chi connectivity index (χ0) is 16.6. The van der Waals surface area contributed by atoms with Crippen LogP contribution < -0.4 is 5.73 Å². The Morgan fingerprint density at radius 3 is 2.70 bits per heavy atom. The van der Waals surface area contributed by atoms with E-state index in [1.807, 2.05) is 6.92 Å². The number of aryl methyl sites for hydroxylation is 1. The van der Waals surface area contributed by atoms with Crippen LogP contribution in [0.25, 0.3) is 5.69 Å². The van der Waals surface area contributed by atoms with Gasteiger partial charge in [0.15, 0.2) is 0 Å². The van der Waals surface area contributed by atoms with Crippen LogP contribution in [0.15, 0.2) is 24.3 Å². The Kier molecular flexibility index (Phi) is 4.12. The van der Waals surface area contributed by atoms with Crippen LogP contribution in [0.5, 0.6) is 0 Å². The SMILES string of the molecule is Cc1nc(C(=O)N2CC(CN)CC2C)nn1-c1ccc(F)cc1. The zero-order valence-electron chi connectivity index (χ0n) is 13.2. The molecule has 1 amide bonds. The molecule has 1 saturated heterocycles. The highest BCUT2D eigenvalue weighted by Crippen LogP contribution is 2.23. The van der Waals surface area contributed by atoms with E-state index < -0.39 is 0 Å². The quantitative estimate of drug-likeness (QED) is 0.931. The minimum atomic E-state index is -0.318. The lowest BCUT2D eigenvalue weighted by molar-refractivity contribution is 0.0731. The van der Waals surface area contributed by atoms with E-state index in [0.717, 1.165) is 6.42 Å². The Labute approximate surface area is 134 Å². The van der Waals surface area contributed by atoms with E-state index >= 15 is 0 Å². The minimum absolute atomic E-state index is 0.133. The first-order valence-electron chi connectivity index (χ1n) is 7.70. The number of rotatable bonds is 3. The second-order valence-electron chi connectivity index (χ2n) is 6.01. The van der Waals surface area contributed by atoms with Gasteiger partial charge in [-0.1, -0.05) is 0 Å². The Hall–Kier alpha value is -2.28. The van der Waals surface area contributed by atoms with Crippen LogP contribution in [-0.4, -0.2) is 44.7 Å². The summed E-state index contributed by atoms with van der Waals surface area (Å²) >= 11 is 0. The Morgan fingerprint density at radius 1 is 1.39 bits per heavy atom. The summed E-state index contributed by atoms with van der Waals surface area (Å²) in [5.74, 6) is 0.576. The van der Waals surface area contributed by atoms with Crippen molar-refractivity contribution in [2.24, 2.45) is 11.7 Å². The molecule has 1 aromatic carbocycles. The summed E-state index contributed by atoms with van der Waals surface area (Å²) < 4.78 is 14.6. The van der Waals surface area contributed by atoms with Crippen molar-refractivity contribution in [2.75, 3.05) is 13.1 Å². The first-order valence-corrected chi connectivity index (χ1v) is 7.70. The largest absolute Gasteiger partial charge is 0.333 e. The lowest BCUT2D eigenvalue weighted by atomic mass is 10.1. The van der Waals surface area contributed by atoms with Crippen molar-refractivity contribution in [2.45, 2.75) is 26.3 Å². The number of amides is 1. The van der Waals surface area contributed by atoms with Crippen molar-refractivity contribution in [3.8, 4) is 5.69 Å². The number of benzene rings is 1. The smallest absolute Gasteiger partial charge is 0.293 e. The van der Waals surface area contributed by atoms with Gasteiger partial charge in [0.2, 0.25) is 5.82 Å². The predicted octanol–water partition coefficient (Wildman–Crippen LogP) is 1.52. The molecule has 2 atom stereocenters. The monoisotopic (exact) mass is 317 g/mol. The molecule has 2 heterocycles. The molecule has 1 fully saturated rings. The lowest BCUT2D eigenvalue weighted by Gasteiger charge is -2.19. The fourth-order valence-corrected chi connectivity index (χ4v) is 3.03. The molecule has 0 aliphatic carbocycles. The maximum absolute atomic E-state index is 13.0. The van der Waals surface area contributed by atoms with Crippen LogP contribution in [0.2, 0.25) is 0 Å². The summed E-state index contributed by atoms with van der Waals surface area (Å²) in [6, 6.07) is 6.05. The van der Waals surface area contributed by atoms with Crippen LogP contribution in [0.4, 0.5) is 4.39 Å². The van der Waals surface area contributed by atoms with Crippen LogP contribution in [0.3, 0.4) is 0 Å². The molecule has 6 nitrogen and oxygen atoms in total. The van der Waals surface area contributed by atoms with Gasteiger partial charge >= 0.3 is 0 Å². The van der Waals surface area contributed by atoms with Gasteiger partial charge in [0.1, 0.15) is 11.6 Å². The van der Waals surface area contributed by atoms with E-state index in [-0.39, 0.29) is 23.6 Å². The Morgan fingerprint density at radius 2 is 2.09 bits per heavy atom. The Balaban J connectivity index is 1.86. The van der Waals surface area contributed by atoms with Gasteiger partial charge in [-0.3, -0.25) is 4.79 Å². The topological polar surface area (TPSA) is 77.0 Å². The number of nitrogens with zero attached hydrogens (tertiary/aromatic N) is 4. The number of hydrogen-bond acceptors (Lipinski definition) is 4. The predicted molar refractivity (Wildman–Crippen MR) is 83.7 cm³/mol. The summed E-state index contributed by atoms with van der Waals surface area (Å²) in [6.07, 6.45) is 0.903. The van der Waals surface area contributed by atoms with Crippen LogP contribution in [-0.2, 0) is 0 Å². The van der Waals surface area contributed by atoms with Crippen molar-refractivity contribution in [1.29, 1.82) is 0 Å². The Bertz CT molecular complexity index is 712. The second kappa shape index (κ2) is 6.08. The van der Waals surface area contributed by atoms with Gasteiger partial charge < -0.3 is 10.6 Å². The number of carbonyl (C=O) groups excluding carboxylic acids is 1. The van der Waals surface area contributed by atoms with Crippen molar-refractivity contribution >= 4 is 5.91 Å². The molecule has 122 valence electrons. The molecule has 2 unspecified atom stereocenters. The number of carbonyl (C=O) groups is 1. The standard InChI is InChI=1S/C16H20FN5O/c1-10-7-12(8-18)9-21(10)16(23)15-19-11(2)22(20-15)14-5-3-13(17)4-6-14/h3-6,10,12H,7-9,18H2,1-2H3. The number of nitrogens with two attached hydrogens (primary N) is 1. The molecular formula is C16H20FN5O. The van der Waals surface area contributed by atoms with E-state index in [1.54, 1.807) is 28.6 Å². The summed E-state index contributed by atoms with van der Waals surface area (Å²) in [7, 11) is 0. The molecule has 1 aromatic heterocycles. The molecule has 0 spiro atoms. The van der Waals surface area contributed by atoms with Gasteiger partial charge in [-0.2, -0.15) is 0 Å². The molecular weight excluding hydrogens is 297 g/mol. The molecule has 23 heavy (non-hydrogen) atoms. The van der Waals surface area contributed by atoms with Crippen molar-refractivity contribution < 1.29 is 9.18 Å². The summed E-state index contributed by atoms with van der Waals surface area (Å²) in [6.45, 7) is 4.99. The summed E-state index contributed by atoms with van der Waals surface area (Å²) in [4.78, 5) is 18.7. The maximum Gasteiger partial charge on any atom is 0.293 e. The van der Waals surface area contributed by atoms with Gasteiger partial charge in [-0.25, -0.2) is 14.1 Å². The van der Waals surface area contributed by atoms with Crippen LogP contribution >= 0.6 is 0 Å². The van der Waals surface area contributed by atoms with Gasteiger partial charge in [0.05, 0.1) is 5.69 Å². The number of likely N-dealkylation sites (tertiary alicyclic amines) is 1. The highest BCUT2D eigenvalue weighted by atomic mass is 19.1. The summed E-state index contributed by atoms with van der Waals surface area (Å²) in [5.41, 5.74) is 6.38. The summed E-state index contributed by atoms with van der Waals surface area (Å²) in [5, 5.41) is 4.30. The van der Waals surface area contributed by atoms with Crippen LogP contribution in [0.1, 0.15) is 29.8 Å². The van der Waals surface area contributed by atoms with E-state index in [2.05, 4.69) is 10.1 Å². The number of halogens is 1. The fourth-order valence-electron chi connectivity index (χ4n) is 3.03. The molecule has 2 N–H and O–H groups in total. The van der Waals surface area contributed by atoms with E-state index in [0.29, 0.717) is 30.5 Å². The highest BCUT2D eigenvalue weighted by molar-refractivity contribution is 5.91. The first kappa shape index (κ1) is 15.6. The fraction of sp³-hybridized carbons (Fsp3) is 0.438. The third-order valence-corrected chi connectivity index (χ3v) is 4.29. The van der Waals surface area contributed by atoms with Gasteiger partial charge in [0.25, 0.3) is 5.91 Å². The second-order valence-corrected chi connectivity index (χ2v) is 6.01. The third kappa shape index (κ3) is 2.96. The average molecular weight is 317 g/mol. The maximum atomic E-state index is 13.0. The molecule has 1 aliphatic rings. The minimum Gasteiger partial charge on any atom is -0.333 e. The average Bonchev–Trinajstić information content (AvgIpc) is 3.10. The molecule has 0 radical (unpaired) electrons. The molecule has 3 rings (SSSR count). The number of hydrogen-bond donors (Lipinski definition) is 1. The van der Waals surface area contributed by atoms with Gasteiger partial charge in [-0.15, -0.1) is 5.10 Å². The normalized spacial score (nSPS) is 21.0. The first-order chi connectivity index (χ1) is 11.0. The van der Waals surface area contributed by atoms with Crippen molar-refractivity contribution in [3.63, 3.8) is 0 Å². The zero-order valence-corrected chi connectivity index (χ0v) is 13.2. The van der Waals surface area contributed by atoms with Gasteiger partial charge in [-0.05, 0) is 57.0 Å². The molecule has 0 saturated carbocycles. The third-order valence-electron chi connectivity index (χ3n) is 4.29. The van der Waals surface area contributed by atoms with E-state index in [4.69, 9.17) is 5.73 Å². The van der Waals surface area contributed by atoms with E-state index in [9.17, 15) is 9.18 Å².